The maximum absolute atomic E-state index is 6.18. The van der Waals surface area contributed by atoms with E-state index in [1.165, 1.54) is 0 Å². The van der Waals surface area contributed by atoms with Crippen molar-refractivity contribution in [3.05, 3.63) is 64.9 Å². The molecular formula is C14H11BrClN3. The smallest absolute Gasteiger partial charge is 0.139 e. The molecule has 1 heterocycles. The first-order valence-corrected chi connectivity index (χ1v) is 6.64. The molecule has 19 heavy (non-hydrogen) atoms. The zero-order valence-corrected chi connectivity index (χ0v) is 12.3. The summed E-state index contributed by atoms with van der Waals surface area (Å²) < 4.78 is 0.893. The zero-order valence-electron chi connectivity index (χ0n) is 9.98. The molecule has 2 N–H and O–H groups in total. The number of aromatic nitrogens is 1. The van der Waals surface area contributed by atoms with Crippen LogP contribution >= 0.6 is 27.5 Å². The van der Waals surface area contributed by atoms with Gasteiger partial charge in [-0.3, -0.25) is 4.98 Å². The molecule has 3 nitrogen and oxygen atoms in total. The van der Waals surface area contributed by atoms with Crippen molar-refractivity contribution in [1.82, 2.24) is 4.98 Å². The van der Waals surface area contributed by atoms with E-state index in [1.54, 1.807) is 18.5 Å². The highest BCUT2D eigenvalue weighted by Gasteiger charge is 2.06. The fraction of sp³-hybridized carbons (Fsp3) is 0. The fourth-order valence-corrected chi connectivity index (χ4v) is 2.15. The van der Waals surface area contributed by atoms with E-state index in [-0.39, 0.29) is 0 Å². The molecule has 0 saturated carbocycles. The lowest BCUT2D eigenvalue weighted by Gasteiger charge is -2.05. The van der Waals surface area contributed by atoms with E-state index in [4.69, 9.17) is 17.3 Å². The number of pyridine rings is 1. The van der Waals surface area contributed by atoms with E-state index in [9.17, 15) is 0 Å². The molecule has 0 aliphatic carbocycles. The average Bonchev–Trinajstić information content (AvgIpc) is 2.39. The van der Waals surface area contributed by atoms with E-state index >= 15 is 0 Å². The van der Waals surface area contributed by atoms with Crippen LogP contribution in [0.1, 0.15) is 11.1 Å². The summed E-state index contributed by atoms with van der Waals surface area (Å²) in [5.41, 5.74) is 8.49. The Morgan fingerprint density at radius 2 is 2.16 bits per heavy atom. The highest BCUT2D eigenvalue weighted by atomic mass is 79.9. The molecule has 0 aliphatic heterocycles. The Kier molecular flexibility index (Phi) is 4.35. The van der Waals surface area contributed by atoms with E-state index < -0.39 is 0 Å². The van der Waals surface area contributed by atoms with Crippen molar-refractivity contribution in [2.45, 2.75) is 0 Å². The van der Waals surface area contributed by atoms with Gasteiger partial charge in [0.25, 0.3) is 0 Å². The van der Waals surface area contributed by atoms with E-state index in [0.717, 1.165) is 10.0 Å². The average molecular weight is 337 g/mol. The van der Waals surface area contributed by atoms with Crippen molar-refractivity contribution in [3.63, 3.8) is 0 Å². The topological polar surface area (TPSA) is 51.3 Å². The number of nitrogens with zero attached hydrogens (tertiary/aromatic N) is 2. The first-order valence-electron chi connectivity index (χ1n) is 5.47. The number of nitrogens with two attached hydrogens (primary N) is 1. The molecule has 0 amide bonds. The Labute approximate surface area is 125 Å². The second kappa shape index (κ2) is 5.99. The number of hydrogen-bond acceptors (Lipinski definition) is 3. The molecule has 2 rings (SSSR count). The summed E-state index contributed by atoms with van der Waals surface area (Å²) in [6.45, 7) is 3.88. The summed E-state index contributed by atoms with van der Waals surface area (Å²) in [4.78, 5) is 8.27. The van der Waals surface area contributed by atoms with Crippen LogP contribution in [-0.2, 0) is 0 Å². The van der Waals surface area contributed by atoms with Gasteiger partial charge in [-0.05, 0) is 30.3 Å². The van der Waals surface area contributed by atoms with Crippen molar-refractivity contribution < 1.29 is 0 Å². The highest BCUT2D eigenvalue weighted by molar-refractivity contribution is 9.10. The molecule has 1 aromatic heterocycles. The molecule has 0 saturated heterocycles. The largest absolute Gasteiger partial charge is 0.398 e. The Morgan fingerprint density at radius 1 is 1.37 bits per heavy atom. The minimum Gasteiger partial charge on any atom is -0.398 e. The fourth-order valence-electron chi connectivity index (χ4n) is 1.50. The molecule has 0 unspecified atom stereocenters. The minimum atomic E-state index is 0.304. The van der Waals surface area contributed by atoms with Gasteiger partial charge < -0.3 is 5.73 Å². The molecule has 1 aromatic carbocycles. The first-order chi connectivity index (χ1) is 9.08. The van der Waals surface area contributed by atoms with Crippen molar-refractivity contribution >= 4 is 44.1 Å². The van der Waals surface area contributed by atoms with Gasteiger partial charge in [0.1, 0.15) is 5.17 Å². The number of aliphatic imine (C=N–C) groups is 1. The molecule has 2 aromatic rings. The number of halogens is 2. The molecule has 0 atom stereocenters. The number of anilines is 1. The Bertz CT molecular complexity index is 638. The van der Waals surface area contributed by atoms with Crippen LogP contribution in [0.15, 0.2) is 58.8 Å². The number of rotatable bonds is 3. The van der Waals surface area contributed by atoms with Gasteiger partial charge >= 0.3 is 0 Å². The summed E-state index contributed by atoms with van der Waals surface area (Å²) in [7, 11) is 0. The number of benzene rings is 1. The van der Waals surface area contributed by atoms with Crippen molar-refractivity contribution in [1.29, 1.82) is 0 Å². The molecule has 5 heteroatoms. The van der Waals surface area contributed by atoms with Gasteiger partial charge in [0, 0.05) is 33.7 Å². The summed E-state index contributed by atoms with van der Waals surface area (Å²) >= 11 is 9.53. The maximum atomic E-state index is 6.18. The second-order valence-electron chi connectivity index (χ2n) is 3.82. The van der Waals surface area contributed by atoms with Crippen LogP contribution in [0, 0.1) is 0 Å². The summed E-state index contributed by atoms with van der Waals surface area (Å²) in [6.07, 6.45) is 3.37. The zero-order chi connectivity index (χ0) is 13.8. The highest BCUT2D eigenvalue weighted by Crippen LogP contribution is 2.22. The third-order valence-corrected chi connectivity index (χ3v) is 3.25. The predicted octanol–water partition coefficient (Wildman–Crippen LogP) is 4.08. The lowest BCUT2D eigenvalue weighted by atomic mass is 10.2. The van der Waals surface area contributed by atoms with E-state index in [0.29, 0.717) is 22.1 Å². The van der Waals surface area contributed by atoms with Gasteiger partial charge in [0.15, 0.2) is 0 Å². The molecule has 0 radical (unpaired) electrons. The van der Waals surface area contributed by atoms with Gasteiger partial charge in [-0.1, -0.05) is 34.1 Å². The van der Waals surface area contributed by atoms with Crippen LogP contribution in [0.4, 0.5) is 5.69 Å². The molecule has 0 spiro atoms. The maximum Gasteiger partial charge on any atom is 0.139 e. The summed E-state index contributed by atoms with van der Waals surface area (Å²) in [6, 6.07) is 9.13. The molecule has 0 aliphatic rings. The van der Waals surface area contributed by atoms with Gasteiger partial charge in [0.05, 0.1) is 5.70 Å². The van der Waals surface area contributed by atoms with Crippen LogP contribution in [0.25, 0.3) is 5.70 Å². The number of nitrogen functional groups attached to an aromatic ring is 1. The third-order valence-electron chi connectivity index (χ3n) is 2.46. The number of hydrogen-bond donors (Lipinski definition) is 1. The monoisotopic (exact) mass is 335 g/mol. The normalized spacial score (nSPS) is 11.4. The van der Waals surface area contributed by atoms with E-state index in [1.807, 2.05) is 24.3 Å². The van der Waals surface area contributed by atoms with Gasteiger partial charge in [-0.25, -0.2) is 4.99 Å². The van der Waals surface area contributed by atoms with Crippen molar-refractivity contribution in [3.8, 4) is 0 Å². The lowest BCUT2D eigenvalue weighted by Crippen LogP contribution is -1.99. The molecule has 96 valence electrons. The molecule has 0 bridgehead atoms. The third kappa shape index (κ3) is 3.43. The van der Waals surface area contributed by atoms with Crippen LogP contribution in [0.3, 0.4) is 0 Å². The van der Waals surface area contributed by atoms with E-state index in [2.05, 4.69) is 32.5 Å². The summed E-state index contributed by atoms with van der Waals surface area (Å²) in [5.74, 6) is 0. The van der Waals surface area contributed by atoms with Gasteiger partial charge in [-0.2, -0.15) is 0 Å². The second-order valence-corrected chi connectivity index (χ2v) is 5.10. The van der Waals surface area contributed by atoms with Crippen LogP contribution in [0.5, 0.6) is 0 Å². The van der Waals surface area contributed by atoms with Crippen LogP contribution in [0.2, 0.25) is 0 Å². The van der Waals surface area contributed by atoms with Crippen LogP contribution < -0.4 is 5.73 Å². The minimum absolute atomic E-state index is 0.304. The van der Waals surface area contributed by atoms with Crippen molar-refractivity contribution in [2.24, 2.45) is 4.99 Å². The van der Waals surface area contributed by atoms with Gasteiger partial charge in [-0.15, -0.1) is 0 Å². The Balaban J connectivity index is 2.31. The standard InChI is InChI=1S/C14H11BrClN3/c1-9(10-3-2-6-18-8-10)19-14(16)12-5-4-11(15)7-13(12)17/h2-8H,1,17H2/b19-14+. The molecule has 0 fully saturated rings. The first kappa shape index (κ1) is 13.8. The molecular weight excluding hydrogens is 326 g/mol. The summed E-state index contributed by atoms with van der Waals surface area (Å²) in [5, 5.41) is 0.304. The van der Waals surface area contributed by atoms with Gasteiger partial charge in [0.2, 0.25) is 0 Å². The van der Waals surface area contributed by atoms with Crippen molar-refractivity contribution in [2.75, 3.05) is 5.73 Å². The Morgan fingerprint density at radius 3 is 2.79 bits per heavy atom. The SMILES string of the molecule is C=C(/N=C(/Cl)c1ccc(Br)cc1N)c1cccnc1. The van der Waals surface area contributed by atoms with Crippen LogP contribution in [-0.4, -0.2) is 10.2 Å². The Hall–Kier alpha value is -1.65. The predicted molar refractivity (Wildman–Crippen MR) is 84.2 cm³/mol. The quantitative estimate of drug-likeness (QED) is 0.678. The lowest BCUT2D eigenvalue weighted by molar-refractivity contribution is 1.30.